The van der Waals surface area contributed by atoms with Gasteiger partial charge >= 0.3 is 12.2 Å². The summed E-state index contributed by atoms with van der Waals surface area (Å²) in [5.41, 5.74) is 0. The molecule has 30 heavy (non-hydrogen) atoms. The van der Waals surface area contributed by atoms with Gasteiger partial charge in [-0.2, -0.15) is 0 Å². The lowest BCUT2D eigenvalue weighted by molar-refractivity contribution is 0.129. The molecule has 0 aromatic heterocycles. The molecule has 1 aliphatic carbocycles. The van der Waals surface area contributed by atoms with Crippen molar-refractivity contribution in [3.8, 4) is 0 Å². The summed E-state index contributed by atoms with van der Waals surface area (Å²) >= 11 is 0. The SMILES string of the molecule is CCCCCCCCOC(=O)NC1CCC(NC(=O)OCCCCCCCC)CC1. The lowest BCUT2D eigenvalue weighted by Crippen LogP contribution is -2.44. The van der Waals surface area contributed by atoms with Crippen molar-refractivity contribution in [2.75, 3.05) is 13.2 Å². The van der Waals surface area contributed by atoms with Crippen LogP contribution < -0.4 is 10.6 Å². The van der Waals surface area contributed by atoms with Crippen molar-refractivity contribution in [2.45, 2.75) is 129 Å². The number of nitrogens with one attached hydrogen (secondary N) is 2. The van der Waals surface area contributed by atoms with E-state index in [4.69, 9.17) is 9.47 Å². The Morgan fingerprint density at radius 3 is 1.30 bits per heavy atom. The van der Waals surface area contributed by atoms with Gasteiger partial charge in [-0.1, -0.05) is 78.1 Å². The van der Waals surface area contributed by atoms with E-state index < -0.39 is 0 Å². The van der Waals surface area contributed by atoms with Gasteiger partial charge in [-0.3, -0.25) is 0 Å². The van der Waals surface area contributed by atoms with Crippen LogP contribution in [0.5, 0.6) is 0 Å². The number of hydrogen-bond donors (Lipinski definition) is 2. The highest BCUT2D eigenvalue weighted by atomic mass is 16.6. The summed E-state index contributed by atoms with van der Waals surface area (Å²) in [4.78, 5) is 23.8. The molecule has 0 aromatic carbocycles. The molecule has 0 bridgehead atoms. The Labute approximate surface area is 184 Å². The van der Waals surface area contributed by atoms with E-state index in [1.54, 1.807) is 0 Å². The minimum Gasteiger partial charge on any atom is -0.450 e. The van der Waals surface area contributed by atoms with Gasteiger partial charge in [-0.05, 0) is 38.5 Å². The Balaban J connectivity index is 1.99. The second-order valence-electron chi connectivity index (χ2n) is 8.64. The lowest BCUT2D eigenvalue weighted by atomic mass is 9.91. The third-order valence-corrected chi connectivity index (χ3v) is 5.83. The average molecular weight is 427 g/mol. The number of amides is 2. The number of carbonyl (C=O) groups excluding carboxylic acids is 2. The molecule has 0 aromatic rings. The van der Waals surface area contributed by atoms with Crippen LogP contribution in [0.4, 0.5) is 9.59 Å². The van der Waals surface area contributed by atoms with Crippen LogP contribution in [0.2, 0.25) is 0 Å². The van der Waals surface area contributed by atoms with Crippen LogP contribution in [-0.4, -0.2) is 37.5 Å². The molecule has 6 nitrogen and oxygen atoms in total. The van der Waals surface area contributed by atoms with Gasteiger partial charge in [-0.15, -0.1) is 0 Å². The van der Waals surface area contributed by atoms with Crippen LogP contribution in [0.3, 0.4) is 0 Å². The largest absolute Gasteiger partial charge is 0.450 e. The molecule has 0 atom stereocenters. The summed E-state index contributed by atoms with van der Waals surface area (Å²) < 4.78 is 10.6. The monoisotopic (exact) mass is 426 g/mol. The Morgan fingerprint density at radius 2 is 0.933 bits per heavy atom. The standard InChI is InChI=1S/C24H46N2O4/c1-3-5-7-9-11-13-19-29-23(27)25-21-15-17-22(18-16-21)26-24(28)30-20-14-12-10-8-6-4-2/h21-22H,3-20H2,1-2H3,(H,25,27)(H,26,28). The number of hydrogen-bond acceptors (Lipinski definition) is 4. The first-order valence-corrected chi connectivity index (χ1v) is 12.5. The van der Waals surface area contributed by atoms with Crippen molar-refractivity contribution in [1.82, 2.24) is 10.6 Å². The molecule has 1 saturated carbocycles. The van der Waals surface area contributed by atoms with Crippen molar-refractivity contribution in [1.29, 1.82) is 0 Å². The smallest absolute Gasteiger partial charge is 0.407 e. The summed E-state index contributed by atoms with van der Waals surface area (Å²) in [6, 6.07) is 0.276. The molecule has 2 N–H and O–H groups in total. The molecular weight excluding hydrogens is 380 g/mol. The summed E-state index contributed by atoms with van der Waals surface area (Å²) in [5.74, 6) is 0. The van der Waals surface area contributed by atoms with Gasteiger partial charge < -0.3 is 20.1 Å². The second kappa shape index (κ2) is 18.3. The van der Waals surface area contributed by atoms with E-state index in [1.165, 1.54) is 51.4 Å². The average Bonchev–Trinajstić information content (AvgIpc) is 2.74. The third kappa shape index (κ3) is 14.5. The zero-order valence-electron chi connectivity index (χ0n) is 19.5. The van der Waals surface area contributed by atoms with Crippen LogP contribution in [0.15, 0.2) is 0 Å². The number of ether oxygens (including phenoxy) is 2. The number of unbranched alkanes of at least 4 members (excludes halogenated alkanes) is 10. The molecule has 6 heteroatoms. The van der Waals surface area contributed by atoms with Crippen molar-refractivity contribution in [3.05, 3.63) is 0 Å². The van der Waals surface area contributed by atoms with Crippen LogP contribution in [0.1, 0.15) is 117 Å². The summed E-state index contributed by atoms with van der Waals surface area (Å²) in [6.45, 7) is 5.42. The van der Waals surface area contributed by atoms with Gasteiger partial charge in [0.1, 0.15) is 0 Å². The van der Waals surface area contributed by atoms with Crippen LogP contribution in [-0.2, 0) is 9.47 Å². The third-order valence-electron chi connectivity index (χ3n) is 5.83. The highest BCUT2D eigenvalue weighted by molar-refractivity contribution is 5.68. The molecule has 176 valence electrons. The zero-order valence-corrected chi connectivity index (χ0v) is 19.5. The van der Waals surface area contributed by atoms with Crippen molar-refractivity contribution in [3.63, 3.8) is 0 Å². The van der Waals surface area contributed by atoms with Gasteiger partial charge in [0, 0.05) is 12.1 Å². The molecule has 0 saturated heterocycles. The minimum atomic E-state index is -0.307. The summed E-state index contributed by atoms with van der Waals surface area (Å²) in [7, 11) is 0. The van der Waals surface area contributed by atoms with Crippen molar-refractivity contribution >= 4 is 12.2 Å². The maximum absolute atomic E-state index is 11.9. The van der Waals surface area contributed by atoms with Crippen LogP contribution >= 0.6 is 0 Å². The first-order chi connectivity index (χ1) is 14.7. The molecule has 1 aliphatic rings. The Kier molecular flexibility index (Phi) is 16.2. The van der Waals surface area contributed by atoms with E-state index >= 15 is 0 Å². The topological polar surface area (TPSA) is 76.7 Å². The molecule has 0 radical (unpaired) electrons. The molecule has 1 fully saturated rings. The molecule has 1 rings (SSSR count). The molecule has 0 unspecified atom stereocenters. The molecule has 0 spiro atoms. The highest BCUT2D eigenvalue weighted by Gasteiger charge is 2.24. The minimum absolute atomic E-state index is 0.138. The van der Waals surface area contributed by atoms with Crippen LogP contribution in [0, 0.1) is 0 Å². The van der Waals surface area contributed by atoms with Gasteiger partial charge in [0.2, 0.25) is 0 Å². The van der Waals surface area contributed by atoms with Gasteiger partial charge in [-0.25, -0.2) is 9.59 Å². The normalized spacial score (nSPS) is 18.6. The first kappa shape index (κ1) is 26.6. The fourth-order valence-corrected chi connectivity index (χ4v) is 3.89. The second-order valence-corrected chi connectivity index (χ2v) is 8.64. The highest BCUT2D eigenvalue weighted by Crippen LogP contribution is 2.19. The van der Waals surface area contributed by atoms with E-state index in [1.807, 2.05) is 0 Å². The predicted octanol–water partition coefficient (Wildman–Crippen LogP) is 6.47. The Morgan fingerprint density at radius 1 is 0.600 bits per heavy atom. The number of rotatable bonds is 16. The van der Waals surface area contributed by atoms with E-state index in [9.17, 15) is 9.59 Å². The maximum atomic E-state index is 11.9. The fraction of sp³-hybridized carbons (Fsp3) is 0.917. The Bertz CT molecular complexity index is 397. The molecular formula is C24H46N2O4. The van der Waals surface area contributed by atoms with E-state index in [2.05, 4.69) is 24.5 Å². The molecule has 0 heterocycles. The lowest BCUT2D eigenvalue weighted by Gasteiger charge is -2.29. The quantitative estimate of drug-likeness (QED) is 0.277. The summed E-state index contributed by atoms with van der Waals surface area (Å²) in [6.07, 6.45) is 17.0. The van der Waals surface area contributed by atoms with E-state index in [-0.39, 0.29) is 24.3 Å². The number of alkyl carbamates (subject to hydrolysis) is 2. The van der Waals surface area contributed by atoms with E-state index in [0.29, 0.717) is 13.2 Å². The summed E-state index contributed by atoms with van der Waals surface area (Å²) in [5, 5.41) is 5.92. The van der Waals surface area contributed by atoms with Crippen molar-refractivity contribution < 1.29 is 19.1 Å². The number of carbonyl (C=O) groups is 2. The van der Waals surface area contributed by atoms with Crippen LogP contribution in [0.25, 0.3) is 0 Å². The maximum Gasteiger partial charge on any atom is 0.407 e. The molecule has 2 amide bonds. The Hall–Kier alpha value is -1.46. The zero-order chi connectivity index (χ0) is 21.9. The first-order valence-electron chi connectivity index (χ1n) is 12.5. The van der Waals surface area contributed by atoms with Crippen molar-refractivity contribution in [2.24, 2.45) is 0 Å². The predicted molar refractivity (Wildman–Crippen MR) is 122 cm³/mol. The molecule has 0 aliphatic heterocycles. The van der Waals surface area contributed by atoms with Gasteiger partial charge in [0.25, 0.3) is 0 Å². The van der Waals surface area contributed by atoms with Gasteiger partial charge in [0.05, 0.1) is 13.2 Å². The van der Waals surface area contributed by atoms with E-state index in [0.717, 1.165) is 51.4 Å². The fourth-order valence-electron chi connectivity index (χ4n) is 3.89. The van der Waals surface area contributed by atoms with Gasteiger partial charge in [0.15, 0.2) is 0 Å².